The summed E-state index contributed by atoms with van der Waals surface area (Å²) in [5, 5.41) is 3.47. The molecule has 0 heterocycles. The van der Waals surface area contributed by atoms with Crippen LogP contribution in [0.3, 0.4) is 0 Å². The summed E-state index contributed by atoms with van der Waals surface area (Å²) in [5.41, 5.74) is 3.48. The van der Waals surface area contributed by atoms with Crippen molar-refractivity contribution in [1.29, 1.82) is 0 Å². The highest BCUT2D eigenvalue weighted by Gasteiger charge is 2.15. The Morgan fingerprint density at radius 1 is 1.12 bits per heavy atom. The van der Waals surface area contributed by atoms with Crippen LogP contribution in [0.5, 0.6) is 11.5 Å². The standard InChI is InChI=1S/C20H27BrN2O2/c1-15-7-5-6-8-16(15)14-25-20-17(13-22-11-12-23(2)3)18(21)9-10-19(20)24-4/h5-10,22H,11-14H2,1-4H3. The third-order valence-corrected chi connectivity index (χ3v) is 4.80. The molecule has 0 saturated carbocycles. The lowest BCUT2D eigenvalue weighted by molar-refractivity contribution is 0.279. The van der Waals surface area contributed by atoms with Crippen LogP contribution >= 0.6 is 15.9 Å². The Morgan fingerprint density at radius 3 is 2.56 bits per heavy atom. The Balaban J connectivity index is 2.16. The maximum absolute atomic E-state index is 6.18. The van der Waals surface area contributed by atoms with Crippen molar-refractivity contribution in [1.82, 2.24) is 10.2 Å². The summed E-state index contributed by atoms with van der Waals surface area (Å²) in [4.78, 5) is 2.16. The zero-order chi connectivity index (χ0) is 18.2. The Morgan fingerprint density at radius 2 is 1.88 bits per heavy atom. The van der Waals surface area contributed by atoms with Gasteiger partial charge in [0.25, 0.3) is 0 Å². The molecule has 0 saturated heterocycles. The van der Waals surface area contributed by atoms with E-state index in [2.05, 4.69) is 59.3 Å². The van der Waals surface area contributed by atoms with E-state index in [1.807, 2.05) is 24.3 Å². The predicted molar refractivity (Wildman–Crippen MR) is 106 cm³/mol. The zero-order valence-corrected chi connectivity index (χ0v) is 17.0. The second kappa shape index (κ2) is 9.80. The SMILES string of the molecule is COc1ccc(Br)c(CNCCN(C)C)c1OCc1ccccc1C. The molecule has 25 heavy (non-hydrogen) atoms. The number of nitrogens with one attached hydrogen (secondary N) is 1. The van der Waals surface area contributed by atoms with Crippen LogP contribution in [0.4, 0.5) is 0 Å². The molecule has 0 radical (unpaired) electrons. The Bertz CT molecular complexity index is 689. The summed E-state index contributed by atoms with van der Waals surface area (Å²) in [5.74, 6) is 1.54. The van der Waals surface area contributed by atoms with Gasteiger partial charge in [-0.05, 0) is 44.3 Å². The van der Waals surface area contributed by atoms with Crippen molar-refractivity contribution in [2.24, 2.45) is 0 Å². The minimum Gasteiger partial charge on any atom is -0.493 e. The van der Waals surface area contributed by atoms with Crippen LogP contribution in [0, 0.1) is 6.92 Å². The number of benzene rings is 2. The largest absolute Gasteiger partial charge is 0.493 e. The first-order chi connectivity index (χ1) is 12.0. The molecule has 136 valence electrons. The molecule has 0 spiro atoms. The molecule has 0 fully saturated rings. The first-order valence-corrected chi connectivity index (χ1v) is 9.20. The average Bonchev–Trinajstić information content (AvgIpc) is 2.59. The molecular weight excluding hydrogens is 380 g/mol. The molecule has 0 aliphatic rings. The number of ether oxygens (including phenoxy) is 2. The van der Waals surface area contributed by atoms with Gasteiger partial charge in [0.15, 0.2) is 11.5 Å². The number of halogens is 1. The number of likely N-dealkylation sites (N-methyl/N-ethyl adjacent to an activating group) is 1. The van der Waals surface area contributed by atoms with E-state index in [4.69, 9.17) is 9.47 Å². The van der Waals surface area contributed by atoms with Crippen LogP contribution in [-0.4, -0.2) is 39.2 Å². The number of hydrogen-bond acceptors (Lipinski definition) is 4. The summed E-state index contributed by atoms with van der Waals surface area (Å²) in [6, 6.07) is 12.2. The first kappa shape index (κ1) is 19.8. The Hall–Kier alpha value is -1.56. The van der Waals surface area contributed by atoms with Gasteiger partial charge >= 0.3 is 0 Å². The molecule has 0 aliphatic heterocycles. The van der Waals surface area contributed by atoms with Gasteiger partial charge in [-0.2, -0.15) is 0 Å². The summed E-state index contributed by atoms with van der Waals surface area (Å²) in [6.45, 7) is 5.23. The van der Waals surface area contributed by atoms with Crippen molar-refractivity contribution in [2.45, 2.75) is 20.1 Å². The van der Waals surface area contributed by atoms with Gasteiger partial charge in [-0.15, -0.1) is 0 Å². The number of rotatable bonds is 9. The molecule has 2 aromatic carbocycles. The Kier molecular flexibility index (Phi) is 7.75. The highest BCUT2D eigenvalue weighted by atomic mass is 79.9. The van der Waals surface area contributed by atoms with Gasteiger partial charge in [0.05, 0.1) is 7.11 Å². The summed E-state index contributed by atoms with van der Waals surface area (Å²) in [6.07, 6.45) is 0. The maximum atomic E-state index is 6.18. The zero-order valence-electron chi connectivity index (χ0n) is 15.4. The van der Waals surface area contributed by atoms with E-state index in [9.17, 15) is 0 Å². The smallest absolute Gasteiger partial charge is 0.167 e. The molecule has 0 aliphatic carbocycles. The average molecular weight is 407 g/mol. The first-order valence-electron chi connectivity index (χ1n) is 8.41. The van der Waals surface area contributed by atoms with Gasteiger partial charge in [0.1, 0.15) is 6.61 Å². The van der Waals surface area contributed by atoms with E-state index < -0.39 is 0 Å². The van der Waals surface area contributed by atoms with Crippen molar-refractivity contribution in [3.8, 4) is 11.5 Å². The molecule has 0 bridgehead atoms. The molecule has 1 N–H and O–H groups in total. The molecule has 2 rings (SSSR count). The number of methoxy groups -OCH3 is 1. The molecule has 0 unspecified atom stereocenters. The van der Waals surface area contributed by atoms with Crippen LogP contribution in [0.2, 0.25) is 0 Å². The van der Waals surface area contributed by atoms with Crippen molar-refractivity contribution >= 4 is 15.9 Å². The molecule has 0 atom stereocenters. The van der Waals surface area contributed by atoms with Gasteiger partial charge in [-0.1, -0.05) is 40.2 Å². The van der Waals surface area contributed by atoms with E-state index in [1.165, 1.54) is 11.1 Å². The van der Waals surface area contributed by atoms with Crippen molar-refractivity contribution in [3.63, 3.8) is 0 Å². The summed E-state index contributed by atoms with van der Waals surface area (Å²) < 4.78 is 12.7. The predicted octanol–water partition coefficient (Wildman–Crippen LogP) is 4.00. The van der Waals surface area contributed by atoms with Gasteiger partial charge in [0, 0.05) is 29.7 Å². The third kappa shape index (κ3) is 5.73. The summed E-state index contributed by atoms with van der Waals surface area (Å²) >= 11 is 3.65. The fraction of sp³-hybridized carbons (Fsp3) is 0.400. The molecule has 4 nitrogen and oxygen atoms in total. The lowest BCUT2D eigenvalue weighted by Gasteiger charge is -2.18. The molecule has 2 aromatic rings. The van der Waals surface area contributed by atoms with Crippen molar-refractivity contribution in [2.75, 3.05) is 34.3 Å². The number of aryl methyl sites for hydroxylation is 1. The number of nitrogens with zero attached hydrogens (tertiary/aromatic N) is 1. The second-order valence-corrected chi connectivity index (χ2v) is 7.11. The maximum Gasteiger partial charge on any atom is 0.167 e. The van der Waals surface area contributed by atoms with Crippen LogP contribution in [0.1, 0.15) is 16.7 Å². The van der Waals surface area contributed by atoms with E-state index in [1.54, 1.807) is 7.11 Å². The van der Waals surface area contributed by atoms with E-state index >= 15 is 0 Å². The van der Waals surface area contributed by atoms with Crippen LogP contribution in [-0.2, 0) is 13.2 Å². The van der Waals surface area contributed by atoms with Gasteiger partial charge in [0.2, 0.25) is 0 Å². The van der Waals surface area contributed by atoms with Crippen LogP contribution in [0.25, 0.3) is 0 Å². The summed E-state index contributed by atoms with van der Waals surface area (Å²) in [7, 11) is 5.81. The van der Waals surface area contributed by atoms with E-state index in [0.29, 0.717) is 13.2 Å². The third-order valence-electron chi connectivity index (χ3n) is 4.06. The van der Waals surface area contributed by atoms with Gasteiger partial charge < -0.3 is 19.7 Å². The quantitative estimate of drug-likeness (QED) is 0.638. The highest BCUT2D eigenvalue weighted by Crippen LogP contribution is 2.36. The lowest BCUT2D eigenvalue weighted by atomic mass is 10.1. The topological polar surface area (TPSA) is 33.7 Å². The van der Waals surface area contributed by atoms with Crippen molar-refractivity contribution in [3.05, 3.63) is 57.6 Å². The highest BCUT2D eigenvalue weighted by molar-refractivity contribution is 9.10. The second-order valence-electron chi connectivity index (χ2n) is 6.25. The molecular formula is C20H27BrN2O2. The van der Waals surface area contributed by atoms with Gasteiger partial charge in [-0.25, -0.2) is 0 Å². The van der Waals surface area contributed by atoms with Crippen LogP contribution in [0.15, 0.2) is 40.9 Å². The molecule has 0 amide bonds. The van der Waals surface area contributed by atoms with Crippen LogP contribution < -0.4 is 14.8 Å². The normalized spacial score (nSPS) is 11.0. The molecule has 0 aromatic heterocycles. The molecule has 5 heteroatoms. The van der Waals surface area contributed by atoms with E-state index in [0.717, 1.165) is 34.6 Å². The number of hydrogen-bond donors (Lipinski definition) is 1. The minimum absolute atomic E-state index is 0.518. The Labute approximate surface area is 159 Å². The monoisotopic (exact) mass is 406 g/mol. The lowest BCUT2D eigenvalue weighted by Crippen LogP contribution is -2.26. The van der Waals surface area contributed by atoms with E-state index in [-0.39, 0.29) is 0 Å². The minimum atomic E-state index is 0.518. The van der Waals surface area contributed by atoms with Crippen molar-refractivity contribution < 1.29 is 9.47 Å². The fourth-order valence-corrected chi connectivity index (χ4v) is 2.96. The fourth-order valence-electron chi connectivity index (χ4n) is 2.50. The van der Waals surface area contributed by atoms with Gasteiger partial charge in [-0.3, -0.25) is 0 Å².